The van der Waals surface area contributed by atoms with Crippen LogP contribution in [0.3, 0.4) is 0 Å². The Morgan fingerprint density at radius 1 is 1.00 bits per heavy atom. The van der Waals surface area contributed by atoms with E-state index in [9.17, 15) is 4.79 Å². The van der Waals surface area contributed by atoms with E-state index in [4.69, 9.17) is 21.1 Å². The third kappa shape index (κ3) is 5.91. The summed E-state index contributed by atoms with van der Waals surface area (Å²) in [6.45, 7) is 4.49. The van der Waals surface area contributed by atoms with Crippen molar-refractivity contribution in [2.75, 3.05) is 17.7 Å². The molecule has 0 aliphatic carbocycles. The van der Waals surface area contributed by atoms with Crippen molar-refractivity contribution in [1.29, 1.82) is 0 Å². The van der Waals surface area contributed by atoms with Crippen LogP contribution in [0.4, 0.5) is 11.4 Å². The van der Waals surface area contributed by atoms with Crippen LogP contribution >= 0.6 is 11.6 Å². The number of methoxy groups -OCH3 is 1. The van der Waals surface area contributed by atoms with Crippen LogP contribution < -0.4 is 20.1 Å². The van der Waals surface area contributed by atoms with Crippen molar-refractivity contribution in [1.82, 2.24) is 0 Å². The highest BCUT2D eigenvalue weighted by molar-refractivity contribution is 6.31. The highest BCUT2D eigenvalue weighted by Crippen LogP contribution is 2.34. The molecule has 6 heteroatoms. The lowest BCUT2D eigenvalue weighted by molar-refractivity contribution is -0.114. The Bertz CT molecular complexity index is 1020. The van der Waals surface area contributed by atoms with E-state index < -0.39 is 0 Å². The van der Waals surface area contributed by atoms with Crippen molar-refractivity contribution in [3.8, 4) is 11.5 Å². The fraction of sp³-hybridized carbons (Fsp3) is 0.208. The van der Waals surface area contributed by atoms with Crippen LogP contribution in [0, 0.1) is 6.92 Å². The van der Waals surface area contributed by atoms with E-state index in [1.165, 1.54) is 12.5 Å². The van der Waals surface area contributed by atoms with E-state index in [1.807, 2.05) is 42.5 Å². The number of amides is 1. The van der Waals surface area contributed by atoms with E-state index in [1.54, 1.807) is 13.2 Å². The van der Waals surface area contributed by atoms with Gasteiger partial charge in [-0.15, -0.1) is 0 Å². The van der Waals surface area contributed by atoms with E-state index in [0.717, 1.165) is 22.5 Å². The lowest BCUT2D eigenvalue weighted by Gasteiger charge is -2.15. The molecule has 0 aromatic heterocycles. The second-order valence-corrected chi connectivity index (χ2v) is 7.39. The topological polar surface area (TPSA) is 59.6 Å². The zero-order valence-electron chi connectivity index (χ0n) is 17.3. The Balaban J connectivity index is 1.66. The maximum atomic E-state index is 11.1. The number of ether oxygens (including phenoxy) is 2. The first kappa shape index (κ1) is 21.5. The Hall–Kier alpha value is -3.18. The molecule has 0 fully saturated rings. The molecular weight excluding hydrogens is 400 g/mol. The SMILES string of the molecule is COc1cc(CNc2ccc(NC(C)=O)cc2)c(Cl)cc1OCc1cccc(C)c1. The number of nitrogens with one attached hydrogen (secondary N) is 2. The molecule has 156 valence electrons. The fourth-order valence-corrected chi connectivity index (χ4v) is 3.24. The Morgan fingerprint density at radius 3 is 2.40 bits per heavy atom. The van der Waals surface area contributed by atoms with Gasteiger partial charge in [0.2, 0.25) is 5.91 Å². The molecule has 3 aromatic carbocycles. The molecule has 2 N–H and O–H groups in total. The number of hydrogen-bond acceptors (Lipinski definition) is 4. The van der Waals surface area contributed by atoms with Crippen LogP contribution in [0.5, 0.6) is 11.5 Å². The van der Waals surface area contributed by atoms with Gasteiger partial charge in [-0.25, -0.2) is 0 Å². The summed E-state index contributed by atoms with van der Waals surface area (Å²) >= 11 is 6.49. The van der Waals surface area contributed by atoms with Gasteiger partial charge in [-0.05, 0) is 48.4 Å². The van der Waals surface area contributed by atoms with E-state index in [0.29, 0.717) is 29.7 Å². The molecule has 5 nitrogen and oxygen atoms in total. The summed E-state index contributed by atoms with van der Waals surface area (Å²) < 4.78 is 11.5. The quantitative estimate of drug-likeness (QED) is 0.479. The second-order valence-electron chi connectivity index (χ2n) is 6.98. The summed E-state index contributed by atoms with van der Waals surface area (Å²) in [5, 5.41) is 6.66. The maximum absolute atomic E-state index is 11.1. The monoisotopic (exact) mass is 424 g/mol. The summed E-state index contributed by atoms with van der Waals surface area (Å²) in [5.41, 5.74) is 4.83. The molecule has 0 heterocycles. The lowest BCUT2D eigenvalue weighted by Crippen LogP contribution is -2.06. The first-order chi connectivity index (χ1) is 14.4. The fourth-order valence-electron chi connectivity index (χ4n) is 3.02. The van der Waals surface area contributed by atoms with E-state index in [-0.39, 0.29) is 5.91 Å². The predicted octanol–water partition coefficient (Wildman–Crippen LogP) is 5.81. The first-order valence-electron chi connectivity index (χ1n) is 9.61. The maximum Gasteiger partial charge on any atom is 0.221 e. The van der Waals surface area contributed by atoms with Gasteiger partial charge in [0, 0.05) is 35.9 Å². The molecule has 0 unspecified atom stereocenters. The van der Waals surface area contributed by atoms with Gasteiger partial charge in [0.25, 0.3) is 0 Å². The Labute approximate surface area is 182 Å². The molecule has 0 aliphatic rings. The molecule has 30 heavy (non-hydrogen) atoms. The standard InChI is InChI=1S/C24H25ClN2O3/c1-16-5-4-6-18(11-16)15-30-24-13-22(25)19(12-23(24)29-3)14-26-20-7-9-21(10-8-20)27-17(2)28/h4-13,26H,14-15H2,1-3H3,(H,27,28). The zero-order chi connectivity index (χ0) is 21.5. The summed E-state index contributed by atoms with van der Waals surface area (Å²) in [6, 6.07) is 19.3. The van der Waals surface area contributed by atoms with Crippen LogP contribution in [0.15, 0.2) is 60.7 Å². The average Bonchev–Trinajstić information content (AvgIpc) is 2.72. The van der Waals surface area contributed by atoms with Crippen LogP contribution in [-0.2, 0) is 17.9 Å². The second kappa shape index (κ2) is 10.0. The van der Waals surface area contributed by atoms with Crippen molar-refractivity contribution in [3.63, 3.8) is 0 Å². The average molecular weight is 425 g/mol. The minimum atomic E-state index is -0.0979. The molecule has 3 rings (SSSR count). The van der Waals surface area contributed by atoms with E-state index >= 15 is 0 Å². The summed E-state index contributed by atoms with van der Waals surface area (Å²) in [5.74, 6) is 1.14. The van der Waals surface area contributed by atoms with Gasteiger partial charge < -0.3 is 20.1 Å². The molecule has 0 radical (unpaired) electrons. The third-order valence-electron chi connectivity index (χ3n) is 4.50. The van der Waals surface area contributed by atoms with Gasteiger partial charge in [-0.3, -0.25) is 4.79 Å². The highest BCUT2D eigenvalue weighted by Gasteiger charge is 2.11. The normalized spacial score (nSPS) is 10.4. The van der Waals surface area contributed by atoms with Gasteiger partial charge in [-0.1, -0.05) is 41.4 Å². The minimum Gasteiger partial charge on any atom is -0.493 e. The molecule has 1 amide bonds. The van der Waals surface area contributed by atoms with Crippen molar-refractivity contribution < 1.29 is 14.3 Å². The molecule has 0 saturated heterocycles. The predicted molar refractivity (Wildman–Crippen MR) is 122 cm³/mol. The van der Waals surface area contributed by atoms with Crippen molar-refractivity contribution in [2.24, 2.45) is 0 Å². The van der Waals surface area contributed by atoms with Crippen LogP contribution in [0.1, 0.15) is 23.6 Å². The zero-order valence-corrected chi connectivity index (χ0v) is 18.0. The molecule has 0 spiro atoms. The van der Waals surface area contributed by atoms with Crippen LogP contribution in [-0.4, -0.2) is 13.0 Å². The Morgan fingerprint density at radius 2 is 1.73 bits per heavy atom. The van der Waals surface area contributed by atoms with Gasteiger partial charge in [0.15, 0.2) is 11.5 Å². The number of rotatable bonds is 8. The molecule has 0 saturated carbocycles. The number of anilines is 2. The highest BCUT2D eigenvalue weighted by atomic mass is 35.5. The Kier molecular flexibility index (Phi) is 7.20. The van der Waals surface area contributed by atoms with Gasteiger partial charge in [0.05, 0.1) is 7.11 Å². The number of halogens is 1. The molecule has 0 aliphatic heterocycles. The van der Waals surface area contributed by atoms with Crippen LogP contribution in [0.2, 0.25) is 5.02 Å². The van der Waals surface area contributed by atoms with Gasteiger partial charge in [0.1, 0.15) is 6.61 Å². The third-order valence-corrected chi connectivity index (χ3v) is 4.85. The van der Waals surface area contributed by atoms with Crippen molar-refractivity contribution >= 4 is 28.9 Å². The number of benzene rings is 3. The van der Waals surface area contributed by atoms with Crippen LogP contribution in [0.25, 0.3) is 0 Å². The largest absolute Gasteiger partial charge is 0.493 e. The smallest absolute Gasteiger partial charge is 0.221 e. The lowest BCUT2D eigenvalue weighted by atomic mass is 10.1. The first-order valence-corrected chi connectivity index (χ1v) is 9.98. The van der Waals surface area contributed by atoms with Gasteiger partial charge in [-0.2, -0.15) is 0 Å². The number of aryl methyl sites for hydroxylation is 1. The van der Waals surface area contributed by atoms with Crippen molar-refractivity contribution in [2.45, 2.75) is 27.0 Å². The molecule has 0 bridgehead atoms. The number of carbonyl (C=O) groups is 1. The molecular formula is C24H25ClN2O3. The number of carbonyl (C=O) groups excluding carboxylic acids is 1. The van der Waals surface area contributed by atoms with E-state index in [2.05, 4.69) is 29.7 Å². The minimum absolute atomic E-state index is 0.0979. The van der Waals surface area contributed by atoms with Gasteiger partial charge >= 0.3 is 0 Å². The molecule has 3 aromatic rings. The van der Waals surface area contributed by atoms with Crippen molar-refractivity contribution in [3.05, 3.63) is 82.4 Å². The molecule has 0 atom stereocenters. The number of hydrogen-bond donors (Lipinski definition) is 2. The summed E-state index contributed by atoms with van der Waals surface area (Å²) in [7, 11) is 1.61. The summed E-state index contributed by atoms with van der Waals surface area (Å²) in [4.78, 5) is 11.1. The summed E-state index contributed by atoms with van der Waals surface area (Å²) in [6.07, 6.45) is 0.